The van der Waals surface area contributed by atoms with Gasteiger partial charge in [-0.1, -0.05) is 45.0 Å². The average molecular weight is 276 g/mol. The molecule has 0 aliphatic carbocycles. The lowest BCUT2D eigenvalue weighted by molar-refractivity contribution is 0.272. The first kappa shape index (κ1) is 17.2. The molecule has 0 aliphatic heterocycles. The van der Waals surface area contributed by atoms with Crippen molar-refractivity contribution < 1.29 is 0 Å². The summed E-state index contributed by atoms with van der Waals surface area (Å²) in [4.78, 5) is 2.57. The molecule has 2 nitrogen and oxygen atoms in total. The Balaban J connectivity index is 2.39. The fourth-order valence-electron chi connectivity index (χ4n) is 2.54. The average Bonchev–Trinajstić information content (AvgIpc) is 2.45. The topological polar surface area (TPSA) is 15.3 Å². The Labute approximate surface area is 125 Å². The van der Waals surface area contributed by atoms with Gasteiger partial charge in [-0.3, -0.25) is 0 Å². The molecule has 1 rings (SSSR count). The van der Waals surface area contributed by atoms with Crippen LogP contribution < -0.4 is 5.32 Å². The van der Waals surface area contributed by atoms with E-state index in [0.717, 1.165) is 13.1 Å². The number of benzene rings is 1. The number of hydrogen-bond donors (Lipinski definition) is 1. The molecule has 1 N–H and O–H groups in total. The van der Waals surface area contributed by atoms with E-state index in [9.17, 15) is 0 Å². The molecule has 0 spiro atoms. The minimum atomic E-state index is 0.627. The molecular weight excluding hydrogens is 244 g/mol. The van der Waals surface area contributed by atoms with Crippen LogP contribution in [-0.2, 0) is 6.42 Å². The lowest BCUT2D eigenvalue weighted by Gasteiger charge is -2.21. The summed E-state index contributed by atoms with van der Waals surface area (Å²) in [7, 11) is 2.03. The Hall–Kier alpha value is -0.860. The van der Waals surface area contributed by atoms with Crippen LogP contribution in [0.5, 0.6) is 0 Å². The van der Waals surface area contributed by atoms with E-state index in [1.807, 2.05) is 7.05 Å². The van der Waals surface area contributed by atoms with Gasteiger partial charge >= 0.3 is 0 Å². The molecule has 1 aromatic carbocycles. The van der Waals surface area contributed by atoms with Crippen molar-refractivity contribution in [1.29, 1.82) is 0 Å². The third-order valence-corrected chi connectivity index (χ3v) is 3.78. The van der Waals surface area contributed by atoms with Gasteiger partial charge < -0.3 is 10.2 Å². The SMILES string of the molecule is CCCN(CCCc1cccc(C(C)C)c1)CCNC. The van der Waals surface area contributed by atoms with E-state index in [-0.39, 0.29) is 0 Å². The maximum Gasteiger partial charge on any atom is 0.0107 e. The Morgan fingerprint density at radius 2 is 1.95 bits per heavy atom. The second kappa shape index (κ2) is 9.95. The van der Waals surface area contributed by atoms with Gasteiger partial charge in [0.2, 0.25) is 0 Å². The van der Waals surface area contributed by atoms with Gasteiger partial charge in [-0.05, 0) is 56.4 Å². The third kappa shape index (κ3) is 6.53. The van der Waals surface area contributed by atoms with Crippen LogP contribution in [0.25, 0.3) is 0 Å². The molecule has 0 saturated carbocycles. The molecule has 114 valence electrons. The molecule has 0 aliphatic rings. The fraction of sp³-hybridized carbons (Fsp3) is 0.667. The normalized spacial score (nSPS) is 11.5. The molecular formula is C18H32N2. The zero-order chi connectivity index (χ0) is 14.8. The summed E-state index contributed by atoms with van der Waals surface area (Å²) in [6.07, 6.45) is 3.69. The highest BCUT2D eigenvalue weighted by atomic mass is 15.1. The second-order valence-corrected chi connectivity index (χ2v) is 5.95. The summed E-state index contributed by atoms with van der Waals surface area (Å²) in [5.41, 5.74) is 2.95. The number of nitrogens with zero attached hydrogens (tertiary/aromatic N) is 1. The van der Waals surface area contributed by atoms with E-state index in [0.29, 0.717) is 5.92 Å². The predicted molar refractivity (Wildman–Crippen MR) is 89.5 cm³/mol. The van der Waals surface area contributed by atoms with Crippen molar-refractivity contribution in [3.8, 4) is 0 Å². The highest BCUT2D eigenvalue weighted by Gasteiger charge is 2.04. The highest BCUT2D eigenvalue weighted by Crippen LogP contribution is 2.16. The van der Waals surface area contributed by atoms with Gasteiger partial charge in [0.1, 0.15) is 0 Å². The van der Waals surface area contributed by atoms with Crippen molar-refractivity contribution in [2.24, 2.45) is 0 Å². The Morgan fingerprint density at radius 3 is 2.60 bits per heavy atom. The van der Waals surface area contributed by atoms with Crippen molar-refractivity contribution in [2.75, 3.05) is 33.2 Å². The molecule has 20 heavy (non-hydrogen) atoms. The van der Waals surface area contributed by atoms with Crippen molar-refractivity contribution in [3.05, 3.63) is 35.4 Å². The van der Waals surface area contributed by atoms with Crippen molar-refractivity contribution in [2.45, 2.75) is 46.0 Å². The van der Waals surface area contributed by atoms with Crippen LogP contribution in [0.1, 0.15) is 50.7 Å². The van der Waals surface area contributed by atoms with Crippen LogP contribution in [0, 0.1) is 0 Å². The van der Waals surface area contributed by atoms with Crippen LogP contribution in [0.3, 0.4) is 0 Å². The van der Waals surface area contributed by atoms with Gasteiger partial charge in [-0.15, -0.1) is 0 Å². The van der Waals surface area contributed by atoms with Gasteiger partial charge in [-0.2, -0.15) is 0 Å². The minimum Gasteiger partial charge on any atom is -0.318 e. The summed E-state index contributed by atoms with van der Waals surface area (Å²) in [5, 5.41) is 3.24. The molecule has 0 unspecified atom stereocenters. The van der Waals surface area contributed by atoms with Gasteiger partial charge in [0, 0.05) is 13.1 Å². The first-order chi connectivity index (χ1) is 9.67. The Kier molecular flexibility index (Phi) is 8.56. The molecule has 0 fully saturated rings. The Morgan fingerprint density at radius 1 is 1.15 bits per heavy atom. The summed E-state index contributed by atoms with van der Waals surface area (Å²) >= 11 is 0. The van der Waals surface area contributed by atoms with E-state index in [4.69, 9.17) is 0 Å². The van der Waals surface area contributed by atoms with Gasteiger partial charge in [0.15, 0.2) is 0 Å². The molecule has 0 aromatic heterocycles. The van der Waals surface area contributed by atoms with Crippen LogP contribution in [0.2, 0.25) is 0 Å². The molecule has 0 radical (unpaired) electrons. The number of likely N-dealkylation sites (N-methyl/N-ethyl adjacent to an activating group) is 1. The first-order valence-electron chi connectivity index (χ1n) is 8.13. The van der Waals surface area contributed by atoms with E-state index in [1.54, 1.807) is 0 Å². The Bertz CT molecular complexity index is 360. The molecule has 0 bridgehead atoms. The molecule has 0 atom stereocenters. The fourth-order valence-corrected chi connectivity index (χ4v) is 2.54. The van der Waals surface area contributed by atoms with Gasteiger partial charge in [-0.25, -0.2) is 0 Å². The smallest absolute Gasteiger partial charge is 0.0107 e. The summed E-state index contributed by atoms with van der Waals surface area (Å²) in [6.45, 7) is 11.5. The zero-order valence-electron chi connectivity index (χ0n) is 13.8. The summed E-state index contributed by atoms with van der Waals surface area (Å²) in [6, 6.07) is 9.09. The molecule has 0 heterocycles. The molecule has 1 aromatic rings. The monoisotopic (exact) mass is 276 g/mol. The zero-order valence-corrected chi connectivity index (χ0v) is 13.8. The lowest BCUT2D eigenvalue weighted by atomic mass is 9.99. The number of hydrogen-bond acceptors (Lipinski definition) is 2. The lowest BCUT2D eigenvalue weighted by Crippen LogP contribution is -2.32. The standard InChI is InChI=1S/C18H32N2/c1-5-12-20(14-11-19-4)13-7-9-17-8-6-10-18(15-17)16(2)3/h6,8,10,15-16,19H,5,7,9,11-14H2,1-4H3. The van der Waals surface area contributed by atoms with Crippen LogP contribution in [0.4, 0.5) is 0 Å². The van der Waals surface area contributed by atoms with Crippen LogP contribution in [-0.4, -0.2) is 38.1 Å². The largest absolute Gasteiger partial charge is 0.318 e. The number of rotatable bonds is 10. The van der Waals surface area contributed by atoms with E-state index >= 15 is 0 Å². The first-order valence-corrected chi connectivity index (χ1v) is 8.13. The highest BCUT2D eigenvalue weighted by molar-refractivity contribution is 5.25. The summed E-state index contributed by atoms with van der Waals surface area (Å²) < 4.78 is 0. The van der Waals surface area contributed by atoms with Gasteiger partial charge in [0.25, 0.3) is 0 Å². The van der Waals surface area contributed by atoms with Crippen molar-refractivity contribution >= 4 is 0 Å². The maximum atomic E-state index is 3.24. The van der Waals surface area contributed by atoms with Crippen molar-refractivity contribution in [1.82, 2.24) is 10.2 Å². The van der Waals surface area contributed by atoms with Crippen LogP contribution in [0.15, 0.2) is 24.3 Å². The van der Waals surface area contributed by atoms with E-state index in [2.05, 4.69) is 55.3 Å². The van der Waals surface area contributed by atoms with Crippen LogP contribution >= 0.6 is 0 Å². The number of nitrogens with one attached hydrogen (secondary N) is 1. The predicted octanol–water partition coefficient (Wildman–Crippen LogP) is 3.67. The third-order valence-electron chi connectivity index (χ3n) is 3.78. The van der Waals surface area contributed by atoms with E-state index in [1.165, 1.54) is 43.5 Å². The van der Waals surface area contributed by atoms with Crippen molar-refractivity contribution in [3.63, 3.8) is 0 Å². The minimum absolute atomic E-state index is 0.627. The molecule has 0 saturated heterocycles. The maximum absolute atomic E-state index is 3.24. The molecule has 0 amide bonds. The van der Waals surface area contributed by atoms with Gasteiger partial charge in [0.05, 0.1) is 0 Å². The quantitative estimate of drug-likeness (QED) is 0.701. The van der Waals surface area contributed by atoms with E-state index < -0.39 is 0 Å². The second-order valence-electron chi connectivity index (χ2n) is 5.95. The molecule has 2 heteroatoms. The number of aryl methyl sites for hydroxylation is 1. The summed E-state index contributed by atoms with van der Waals surface area (Å²) in [5.74, 6) is 0.627.